The maximum absolute atomic E-state index is 12.6. The molecule has 0 unspecified atom stereocenters. The molecule has 0 fully saturated rings. The summed E-state index contributed by atoms with van der Waals surface area (Å²) in [5, 5.41) is 4.50. The van der Waals surface area contributed by atoms with Gasteiger partial charge in [-0.1, -0.05) is 17.7 Å². The normalized spacial score (nSPS) is 11.7. The van der Waals surface area contributed by atoms with Crippen molar-refractivity contribution in [2.45, 2.75) is 34.6 Å². The Balaban J connectivity index is 1.97. The molecule has 0 spiro atoms. The highest BCUT2D eigenvalue weighted by Gasteiger charge is 2.15. The third-order valence-electron chi connectivity index (χ3n) is 4.81. The second-order valence-corrected chi connectivity index (χ2v) is 7.27. The van der Waals surface area contributed by atoms with E-state index in [-0.39, 0.29) is 5.91 Å². The number of amides is 1. The van der Waals surface area contributed by atoms with E-state index in [1.165, 1.54) is 0 Å². The molecule has 1 N–H and O–H groups in total. The molecule has 3 rings (SSSR count). The molecule has 1 aromatic heterocycles. The molecule has 3 aromatic rings. The lowest BCUT2D eigenvalue weighted by Crippen LogP contribution is -2.10. The van der Waals surface area contributed by atoms with Crippen LogP contribution >= 0.6 is 11.6 Å². The number of fused-ring (bicyclic) bond motifs is 1. The van der Waals surface area contributed by atoms with Crippen molar-refractivity contribution in [1.82, 2.24) is 0 Å². The minimum Gasteiger partial charge on any atom is -0.493 e. The fourth-order valence-electron chi connectivity index (χ4n) is 3.12. The Labute approximate surface area is 170 Å². The largest absolute Gasteiger partial charge is 0.493 e. The van der Waals surface area contributed by atoms with Gasteiger partial charge in [0, 0.05) is 33.8 Å². The van der Waals surface area contributed by atoms with Gasteiger partial charge in [0.1, 0.15) is 17.1 Å². The number of halogens is 1. The Kier molecular flexibility index (Phi) is 5.80. The minimum atomic E-state index is -0.217. The van der Waals surface area contributed by atoms with Gasteiger partial charge in [-0.3, -0.25) is 4.79 Å². The van der Waals surface area contributed by atoms with Crippen LogP contribution in [0.15, 0.2) is 40.8 Å². The average Bonchev–Trinajstić information content (AvgIpc) is 2.91. The fraction of sp³-hybridized carbons (Fsp3) is 0.261. The number of carbonyl (C=O) groups excluding carboxylic acids is 1. The molecule has 0 saturated carbocycles. The molecule has 1 heterocycles. The van der Waals surface area contributed by atoms with Gasteiger partial charge in [-0.25, -0.2) is 0 Å². The van der Waals surface area contributed by atoms with Crippen LogP contribution in [0, 0.1) is 20.8 Å². The maximum atomic E-state index is 12.6. The van der Waals surface area contributed by atoms with Gasteiger partial charge in [0.05, 0.1) is 6.61 Å². The van der Waals surface area contributed by atoms with Crippen molar-refractivity contribution in [3.8, 4) is 5.75 Å². The van der Waals surface area contributed by atoms with Crippen LogP contribution in [0.3, 0.4) is 0 Å². The number of benzene rings is 2. The second-order valence-electron chi connectivity index (χ2n) is 6.84. The average molecular weight is 398 g/mol. The van der Waals surface area contributed by atoms with E-state index in [1.807, 2.05) is 52.8 Å². The number of hydrogen-bond donors (Lipinski definition) is 1. The summed E-state index contributed by atoms with van der Waals surface area (Å²) in [6, 6.07) is 9.33. The number of carbonyl (C=O) groups is 1. The first-order chi connectivity index (χ1) is 13.3. The summed E-state index contributed by atoms with van der Waals surface area (Å²) >= 11 is 6.04. The first-order valence-electron chi connectivity index (χ1n) is 9.22. The zero-order chi connectivity index (χ0) is 20.4. The van der Waals surface area contributed by atoms with Crippen LogP contribution in [-0.4, -0.2) is 12.5 Å². The fourth-order valence-corrected chi connectivity index (χ4v) is 3.30. The summed E-state index contributed by atoms with van der Waals surface area (Å²) < 4.78 is 11.6. The smallest absolute Gasteiger partial charge is 0.248 e. The van der Waals surface area contributed by atoms with E-state index in [9.17, 15) is 4.79 Å². The van der Waals surface area contributed by atoms with E-state index in [1.54, 1.807) is 18.2 Å². The summed E-state index contributed by atoms with van der Waals surface area (Å²) in [5.41, 5.74) is 5.20. The van der Waals surface area contributed by atoms with Gasteiger partial charge < -0.3 is 14.5 Å². The number of allylic oxidation sites excluding steroid dienone is 1. The monoisotopic (exact) mass is 397 g/mol. The standard InChI is InChI=1S/C23H24ClNO3/c1-6-27-21-12-22-19(15(4)16(5)28-22)11-18(21)14(3)9-23(26)25-20-10-17(24)8-7-13(20)2/h7-12H,6H2,1-5H3,(H,25,26)/b14-9+. The third kappa shape index (κ3) is 4.07. The molecule has 2 aromatic carbocycles. The van der Waals surface area contributed by atoms with Gasteiger partial charge in [-0.2, -0.15) is 0 Å². The lowest BCUT2D eigenvalue weighted by atomic mass is 10.0. The first kappa shape index (κ1) is 20.0. The minimum absolute atomic E-state index is 0.217. The Hall–Kier alpha value is -2.72. The summed E-state index contributed by atoms with van der Waals surface area (Å²) in [6.07, 6.45) is 1.58. The molecule has 0 aliphatic rings. The Morgan fingerprint density at radius 1 is 1.21 bits per heavy atom. The highest BCUT2D eigenvalue weighted by molar-refractivity contribution is 6.31. The Bertz CT molecular complexity index is 1080. The van der Waals surface area contributed by atoms with Gasteiger partial charge in [0.15, 0.2) is 0 Å². The van der Waals surface area contributed by atoms with Crippen molar-refractivity contribution in [1.29, 1.82) is 0 Å². The molecular formula is C23H24ClNO3. The van der Waals surface area contributed by atoms with Gasteiger partial charge in [0.25, 0.3) is 0 Å². The predicted molar refractivity (Wildman–Crippen MR) is 115 cm³/mol. The number of rotatable bonds is 5. The summed E-state index contributed by atoms with van der Waals surface area (Å²) in [4.78, 5) is 12.6. The summed E-state index contributed by atoms with van der Waals surface area (Å²) in [6.45, 7) is 10.3. The van der Waals surface area contributed by atoms with Crippen molar-refractivity contribution in [3.05, 3.63) is 63.9 Å². The molecule has 28 heavy (non-hydrogen) atoms. The molecule has 0 atom stereocenters. The second kappa shape index (κ2) is 8.11. The van der Waals surface area contributed by atoms with Gasteiger partial charge >= 0.3 is 0 Å². The molecule has 4 nitrogen and oxygen atoms in total. The number of ether oxygens (including phenoxy) is 1. The molecule has 0 bridgehead atoms. The topological polar surface area (TPSA) is 51.5 Å². The first-order valence-corrected chi connectivity index (χ1v) is 9.60. The number of hydrogen-bond acceptors (Lipinski definition) is 3. The molecule has 0 aliphatic carbocycles. The van der Waals surface area contributed by atoms with Crippen molar-refractivity contribution in [2.75, 3.05) is 11.9 Å². The van der Waals surface area contributed by atoms with Crippen LogP contribution < -0.4 is 10.1 Å². The third-order valence-corrected chi connectivity index (χ3v) is 5.04. The van der Waals surface area contributed by atoms with Crippen molar-refractivity contribution in [3.63, 3.8) is 0 Å². The van der Waals surface area contributed by atoms with Crippen LogP contribution in [0.1, 0.15) is 36.3 Å². The molecule has 0 saturated heterocycles. The molecule has 0 radical (unpaired) electrons. The molecule has 1 amide bonds. The number of aryl methyl sites for hydroxylation is 3. The summed E-state index contributed by atoms with van der Waals surface area (Å²) in [7, 11) is 0. The van der Waals surface area contributed by atoms with Crippen molar-refractivity contribution in [2.24, 2.45) is 0 Å². The lowest BCUT2D eigenvalue weighted by molar-refractivity contribution is -0.111. The Morgan fingerprint density at radius 2 is 1.96 bits per heavy atom. The van der Waals surface area contributed by atoms with Crippen LogP contribution in [0.2, 0.25) is 5.02 Å². The van der Waals surface area contributed by atoms with Gasteiger partial charge in [0.2, 0.25) is 5.91 Å². The zero-order valence-electron chi connectivity index (χ0n) is 16.8. The van der Waals surface area contributed by atoms with Crippen LogP contribution in [0.4, 0.5) is 5.69 Å². The number of anilines is 1. The SMILES string of the molecule is CCOc1cc2oc(C)c(C)c2cc1/C(C)=C/C(=O)Nc1cc(Cl)ccc1C. The van der Waals surface area contributed by atoms with E-state index in [0.29, 0.717) is 23.1 Å². The maximum Gasteiger partial charge on any atom is 0.248 e. The lowest BCUT2D eigenvalue weighted by Gasteiger charge is -2.12. The Morgan fingerprint density at radius 3 is 2.68 bits per heavy atom. The zero-order valence-corrected chi connectivity index (χ0v) is 17.5. The predicted octanol–water partition coefficient (Wildman–Crippen LogP) is 6.45. The number of nitrogens with one attached hydrogen (secondary N) is 1. The highest BCUT2D eigenvalue weighted by atomic mass is 35.5. The molecule has 5 heteroatoms. The van der Waals surface area contributed by atoms with E-state index in [2.05, 4.69) is 5.32 Å². The van der Waals surface area contributed by atoms with Crippen molar-refractivity contribution < 1.29 is 13.9 Å². The van der Waals surface area contributed by atoms with Crippen molar-refractivity contribution >= 4 is 39.7 Å². The number of furan rings is 1. The quantitative estimate of drug-likeness (QED) is 0.503. The van der Waals surface area contributed by atoms with E-state index in [0.717, 1.165) is 39.0 Å². The van der Waals surface area contributed by atoms with E-state index in [4.69, 9.17) is 20.8 Å². The van der Waals surface area contributed by atoms with Gasteiger partial charge in [-0.05, 0) is 69.5 Å². The summed E-state index contributed by atoms with van der Waals surface area (Å²) in [5.74, 6) is 1.36. The molecular weight excluding hydrogens is 374 g/mol. The van der Waals surface area contributed by atoms with Crippen LogP contribution in [-0.2, 0) is 4.79 Å². The van der Waals surface area contributed by atoms with E-state index >= 15 is 0 Å². The van der Waals surface area contributed by atoms with E-state index < -0.39 is 0 Å². The van der Waals surface area contributed by atoms with Crippen LogP contribution in [0.25, 0.3) is 16.5 Å². The van der Waals surface area contributed by atoms with Crippen LogP contribution in [0.5, 0.6) is 5.75 Å². The highest BCUT2D eigenvalue weighted by Crippen LogP contribution is 2.35. The van der Waals surface area contributed by atoms with Gasteiger partial charge in [-0.15, -0.1) is 0 Å². The molecule has 0 aliphatic heterocycles. The molecule has 146 valence electrons.